The second kappa shape index (κ2) is 6.75. The molecule has 1 saturated carbocycles. The number of hydrogen-bond donors (Lipinski definition) is 2. The molecule has 3 fully saturated rings. The molecule has 2 N–H and O–H groups in total. The predicted octanol–water partition coefficient (Wildman–Crippen LogP) is 2.35. The number of aliphatic hydroxyl groups is 1. The van der Waals surface area contributed by atoms with Crippen molar-refractivity contribution in [3.8, 4) is 0 Å². The summed E-state index contributed by atoms with van der Waals surface area (Å²) >= 11 is 1.89. The topological polar surface area (TPSA) is 35.5 Å². The molecule has 23 heavy (non-hydrogen) atoms. The third kappa shape index (κ3) is 3.60. The Morgan fingerprint density at radius 3 is 2.87 bits per heavy atom. The van der Waals surface area contributed by atoms with E-state index >= 15 is 0 Å². The van der Waals surface area contributed by atoms with Crippen molar-refractivity contribution in [2.45, 2.75) is 37.5 Å². The first-order chi connectivity index (χ1) is 11.2. The van der Waals surface area contributed by atoms with Crippen LogP contribution in [0, 0.1) is 11.8 Å². The third-order valence-electron chi connectivity index (χ3n) is 5.96. The lowest BCUT2D eigenvalue weighted by atomic mass is 9.96. The molecule has 3 nitrogen and oxygen atoms in total. The van der Waals surface area contributed by atoms with E-state index in [1.807, 2.05) is 11.8 Å². The van der Waals surface area contributed by atoms with Crippen molar-refractivity contribution in [3.63, 3.8) is 0 Å². The molecule has 1 aromatic carbocycles. The molecule has 0 aromatic heterocycles. The Labute approximate surface area is 143 Å². The summed E-state index contributed by atoms with van der Waals surface area (Å²) in [6.07, 6.45) is 3.59. The van der Waals surface area contributed by atoms with Crippen LogP contribution in [0.3, 0.4) is 0 Å². The van der Waals surface area contributed by atoms with Gasteiger partial charge < -0.3 is 10.4 Å². The van der Waals surface area contributed by atoms with Crippen molar-refractivity contribution in [1.82, 2.24) is 10.2 Å². The van der Waals surface area contributed by atoms with Crippen LogP contribution in [0.2, 0.25) is 0 Å². The highest BCUT2D eigenvalue weighted by atomic mass is 32.2. The predicted molar refractivity (Wildman–Crippen MR) is 96.6 cm³/mol. The average molecular weight is 333 g/mol. The number of hydrogen-bond acceptors (Lipinski definition) is 4. The second-order valence-corrected chi connectivity index (χ2v) is 8.80. The zero-order valence-electron chi connectivity index (χ0n) is 13.8. The lowest BCUT2D eigenvalue weighted by Gasteiger charge is -2.27. The van der Waals surface area contributed by atoms with E-state index in [0.29, 0.717) is 6.04 Å². The Bertz CT molecular complexity index is 517. The molecule has 126 valence electrons. The van der Waals surface area contributed by atoms with Gasteiger partial charge in [-0.3, -0.25) is 4.90 Å². The molecule has 4 heteroatoms. The van der Waals surface area contributed by atoms with Gasteiger partial charge in [-0.15, -0.1) is 0 Å². The van der Waals surface area contributed by atoms with E-state index in [4.69, 9.17) is 0 Å². The van der Waals surface area contributed by atoms with Gasteiger partial charge in [-0.1, -0.05) is 30.3 Å². The van der Waals surface area contributed by atoms with Gasteiger partial charge in [0.2, 0.25) is 0 Å². The summed E-state index contributed by atoms with van der Waals surface area (Å²) in [5.74, 6) is 3.64. The minimum Gasteiger partial charge on any atom is -0.388 e. The first-order valence-electron chi connectivity index (χ1n) is 9.02. The van der Waals surface area contributed by atoms with Gasteiger partial charge >= 0.3 is 0 Å². The van der Waals surface area contributed by atoms with Crippen molar-refractivity contribution in [1.29, 1.82) is 0 Å². The number of fused-ring (bicyclic) bond motifs is 1. The molecule has 1 aromatic rings. The van der Waals surface area contributed by atoms with Crippen LogP contribution in [0.4, 0.5) is 0 Å². The monoisotopic (exact) mass is 332 g/mol. The average Bonchev–Trinajstić information content (AvgIpc) is 3.23. The molecule has 0 bridgehead atoms. The van der Waals surface area contributed by atoms with Crippen LogP contribution in [-0.2, 0) is 6.54 Å². The van der Waals surface area contributed by atoms with Gasteiger partial charge in [-0.2, -0.15) is 11.8 Å². The Kier molecular flexibility index (Phi) is 4.68. The molecule has 1 aliphatic carbocycles. The third-order valence-corrected chi connectivity index (χ3v) is 7.19. The van der Waals surface area contributed by atoms with Gasteiger partial charge in [0, 0.05) is 38.0 Å². The van der Waals surface area contributed by atoms with E-state index in [0.717, 1.165) is 42.9 Å². The lowest BCUT2D eigenvalue weighted by molar-refractivity contribution is 0.0626. The van der Waals surface area contributed by atoms with Crippen LogP contribution in [0.5, 0.6) is 0 Å². The maximum atomic E-state index is 10.5. The Morgan fingerprint density at radius 2 is 2.09 bits per heavy atom. The van der Waals surface area contributed by atoms with Crippen LogP contribution in [0.1, 0.15) is 24.8 Å². The molecule has 0 spiro atoms. The zero-order chi connectivity index (χ0) is 15.7. The molecule has 4 atom stereocenters. The molecule has 2 heterocycles. The van der Waals surface area contributed by atoms with Gasteiger partial charge in [0.1, 0.15) is 0 Å². The Balaban J connectivity index is 1.31. The summed E-state index contributed by atoms with van der Waals surface area (Å²) in [6.45, 7) is 4.33. The molecule has 0 radical (unpaired) electrons. The molecule has 2 aliphatic heterocycles. The second-order valence-electron chi connectivity index (χ2n) is 7.70. The van der Waals surface area contributed by atoms with E-state index in [2.05, 4.69) is 40.5 Å². The largest absolute Gasteiger partial charge is 0.388 e. The van der Waals surface area contributed by atoms with Crippen molar-refractivity contribution >= 4 is 11.8 Å². The zero-order valence-corrected chi connectivity index (χ0v) is 14.6. The van der Waals surface area contributed by atoms with Crippen LogP contribution < -0.4 is 5.32 Å². The summed E-state index contributed by atoms with van der Waals surface area (Å²) in [5, 5.41) is 14.3. The minimum atomic E-state index is -0.453. The highest BCUT2D eigenvalue weighted by Gasteiger charge is 2.43. The SMILES string of the molecule is OC1(CNC2CCC3CN(Cc4ccccc4)CC32)CCSC1. The maximum absolute atomic E-state index is 10.5. The quantitative estimate of drug-likeness (QED) is 0.868. The first kappa shape index (κ1) is 15.9. The summed E-state index contributed by atoms with van der Waals surface area (Å²) < 4.78 is 0. The molecule has 3 aliphatic rings. The maximum Gasteiger partial charge on any atom is 0.0869 e. The van der Waals surface area contributed by atoms with Gasteiger partial charge in [-0.25, -0.2) is 0 Å². The van der Waals surface area contributed by atoms with Crippen LogP contribution in [0.25, 0.3) is 0 Å². The molecule has 0 amide bonds. The van der Waals surface area contributed by atoms with Crippen LogP contribution in [0.15, 0.2) is 30.3 Å². The number of nitrogens with zero attached hydrogens (tertiary/aromatic N) is 1. The lowest BCUT2D eigenvalue weighted by Crippen LogP contribution is -2.46. The Hall–Kier alpha value is -0.550. The normalized spacial score (nSPS) is 37.3. The summed E-state index contributed by atoms with van der Waals surface area (Å²) in [7, 11) is 0. The molecule has 2 saturated heterocycles. The van der Waals surface area contributed by atoms with Gasteiger partial charge in [0.05, 0.1) is 5.60 Å². The number of thioether (sulfide) groups is 1. The van der Waals surface area contributed by atoms with Crippen molar-refractivity contribution in [3.05, 3.63) is 35.9 Å². The fraction of sp³-hybridized carbons (Fsp3) is 0.684. The highest BCUT2D eigenvalue weighted by Crippen LogP contribution is 2.39. The fourth-order valence-corrected chi connectivity index (χ4v) is 5.93. The van der Waals surface area contributed by atoms with Crippen molar-refractivity contribution in [2.75, 3.05) is 31.1 Å². The number of nitrogens with one attached hydrogen (secondary N) is 1. The Morgan fingerprint density at radius 1 is 1.22 bits per heavy atom. The highest BCUT2D eigenvalue weighted by molar-refractivity contribution is 7.99. The molecule has 4 unspecified atom stereocenters. The number of benzene rings is 1. The van der Waals surface area contributed by atoms with E-state index in [9.17, 15) is 5.11 Å². The van der Waals surface area contributed by atoms with Crippen LogP contribution >= 0.6 is 11.8 Å². The number of likely N-dealkylation sites (tertiary alicyclic amines) is 1. The fourth-order valence-electron chi connectivity index (χ4n) is 4.64. The van der Waals surface area contributed by atoms with Crippen molar-refractivity contribution in [2.24, 2.45) is 11.8 Å². The number of rotatable bonds is 5. The van der Waals surface area contributed by atoms with Gasteiger partial charge in [-0.05, 0) is 42.4 Å². The van der Waals surface area contributed by atoms with E-state index in [1.54, 1.807) is 0 Å². The standard InChI is InChI=1S/C19H28N2OS/c22-19(8-9-23-14-19)13-20-18-7-6-16-11-21(12-17(16)18)10-15-4-2-1-3-5-15/h1-5,16-18,20,22H,6-14H2. The van der Waals surface area contributed by atoms with E-state index in [-0.39, 0.29) is 0 Å². The first-order valence-corrected chi connectivity index (χ1v) is 10.2. The molecular formula is C19H28N2OS. The van der Waals surface area contributed by atoms with E-state index in [1.165, 1.54) is 31.5 Å². The molecule has 4 rings (SSSR count). The molecular weight excluding hydrogens is 304 g/mol. The summed E-state index contributed by atoms with van der Waals surface area (Å²) in [4.78, 5) is 2.62. The smallest absolute Gasteiger partial charge is 0.0869 e. The minimum absolute atomic E-state index is 0.453. The van der Waals surface area contributed by atoms with Gasteiger partial charge in [0.25, 0.3) is 0 Å². The van der Waals surface area contributed by atoms with E-state index < -0.39 is 5.60 Å². The summed E-state index contributed by atoms with van der Waals surface area (Å²) in [6, 6.07) is 11.4. The van der Waals surface area contributed by atoms with Crippen molar-refractivity contribution < 1.29 is 5.11 Å². The van der Waals surface area contributed by atoms with Gasteiger partial charge in [0.15, 0.2) is 0 Å². The van der Waals surface area contributed by atoms with Crippen LogP contribution in [-0.4, -0.2) is 52.8 Å². The summed E-state index contributed by atoms with van der Waals surface area (Å²) in [5.41, 5.74) is 0.972.